The van der Waals surface area contributed by atoms with Gasteiger partial charge in [0, 0.05) is 11.1 Å². The molecule has 1 N–H and O–H groups in total. The zero-order valence-corrected chi connectivity index (χ0v) is 20.6. The molecule has 2 fully saturated rings. The third-order valence-corrected chi connectivity index (χ3v) is 6.10. The summed E-state index contributed by atoms with van der Waals surface area (Å²) < 4.78 is 15.3. The van der Waals surface area contributed by atoms with E-state index in [1.165, 1.54) is 45.6 Å². The molecule has 1 heterocycles. The summed E-state index contributed by atoms with van der Waals surface area (Å²) in [5.41, 5.74) is 2.33. The van der Waals surface area contributed by atoms with Gasteiger partial charge in [-0.1, -0.05) is 62.8 Å². The number of carbonyl (C=O) groups excluding carboxylic acids is 1. The highest BCUT2D eigenvalue weighted by Gasteiger charge is 2.28. The van der Waals surface area contributed by atoms with E-state index in [0.29, 0.717) is 33.8 Å². The molecule has 2 aliphatic rings. The van der Waals surface area contributed by atoms with Gasteiger partial charge in [-0.15, -0.1) is 11.3 Å². The Balaban J connectivity index is 0.000000467. The van der Waals surface area contributed by atoms with Gasteiger partial charge < -0.3 is 19.3 Å². The molecule has 0 radical (unpaired) electrons. The molecular formula is C27H30O6S. The average Bonchev–Trinajstić information content (AvgIpc) is 3.77. The molecule has 2 aliphatic carbocycles. The number of methoxy groups -OCH3 is 3. The van der Waals surface area contributed by atoms with Crippen molar-refractivity contribution in [2.24, 2.45) is 0 Å². The molecule has 2 aromatic carbocycles. The van der Waals surface area contributed by atoms with Gasteiger partial charge in [-0.25, -0.2) is 9.59 Å². The van der Waals surface area contributed by atoms with Crippen LogP contribution in [0.3, 0.4) is 0 Å². The van der Waals surface area contributed by atoms with E-state index in [-0.39, 0.29) is 9.75 Å². The number of carboxylic acid groups (broad SMARTS) is 1. The lowest BCUT2D eigenvalue weighted by atomic mass is 9.94. The van der Waals surface area contributed by atoms with Crippen LogP contribution in [0.2, 0.25) is 0 Å². The minimum atomic E-state index is -1.11. The number of benzene rings is 2. The second-order valence-electron chi connectivity index (χ2n) is 7.89. The van der Waals surface area contributed by atoms with Crippen molar-refractivity contribution < 1.29 is 28.9 Å². The summed E-state index contributed by atoms with van der Waals surface area (Å²) in [6.07, 6.45) is 9.00. The fraction of sp³-hybridized carbons (Fsp3) is 0.333. The van der Waals surface area contributed by atoms with E-state index in [0.717, 1.165) is 11.3 Å². The van der Waals surface area contributed by atoms with Crippen LogP contribution in [0.5, 0.6) is 11.5 Å². The Morgan fingerprint density at radius 1 is 0.676 bits per heavy atom. The molecule has 180 valence electrons. The SMILES string of the molecule is C1CC1.C1CC1.COC(=O)c1sc(C(=O)O)c(-c2ccc(OC)cc2)c1-c1ccc(OC)cc1. The number of rotatable bonds is 6. The molecule has 2 saturated carbocycles. The first-order valence-electron chi connectivity index (χ1n) is 11.3. The molecule has 0 unspecified atom stereocenters. The molecule has 0 atom stereocenters. The van der Waals surface area contributed by atoms with Gasteiger partial charge in [-0.2, -0.15) is 0 Å². The predicted octanol–water partition coefficient (Wildman–Crippen LogP) is 6.92. The van der Waals surface area contributed by atoms with Crippen molar-refractivity contribution in [3.63, 3.8) is 0 Å². The van der Waals surface area contributed by atoms with Crippen LogP contribution in [0, 0.1) is 0 Å². The summed E-state index contributed by atoms with van der Waals surface area (Å²) in [4.78, 5) is 24.6. The molecule has 0 saturated heterocycles. The van der Waals surface area contributed by atoms with Crippen molar-refractivity contribution in [3.8, 4) is 33.8 Å². The van der Waals surface area contributed by atoms with Crippen LogP contribution >= 0.6 is 11.3 Å². The summed E-state index contributed by atoms with van der Waals surface area (Å²) >= 11 is 0.900. The first-order chi connectivity index (χ1) is 16.5. The van der Waals surface area contributed by atoms with Gasteiger partial charge in [0.05, 0.1) is 21.3 Å². The number of thiophene rings is 1. The number of ether oxygens (including phenoxy) is 3. The molecule has 6 nitrogen and oxygen atoms in total. The van der Waals surface area contributed by atoms with Crippen molar-refractivity contribution in [3.05, 3.63) is 58.3 Å². The highest BCUT2D eigenvalue weighted by atomic mass is 32.1. The minimum Gasteiger partial charge on any atom is -0.497 e. The first-order valence-corrected chi connectivity index (χ1v) is 12.1. The quantitative estimate of drug-likeness (QED) is 0.384. The number of aromatic carboxylic acids is 1. The van der Waals surface area contributed by atoms with Gasteiger partial charge in [0.2, 0.25) is 0 Å². The molecule has 0 bridgehead atoms. The number of carboxylic acids is 1. The molecule has 0 aliphatic heterocycles. The molecule has 1 aromatic heterocycles. The van der Waals surface area contributed by atoms with E-state index in [1.54, 1.807) is 62.8 Å². The maximum Gasteiger partial charge on any atom is 0.348 e. The van der Waals surface area contributed by atoms with Crippen LogP contribution in [0.15, 0.2) is 48.5 Å². The molecule has 0 spiro atoms. The van der Waals surface area contributed by atoms with Crippen LogP contribution in [0.25, 0.3) is 22.3 Å². The summed E-state index contributed by atoms with van der Waals surface area (Å²) in [7, 11) is 4.39. The Hall–Kier alpha value is -3.32. The van der Waals surface area contributed by atoms with Crippen molar-refractivity contribution >= 4 is 23.3 Å². The van der Waals surface area contributed by atoms with E-state index < -0.39 is 11.9 Å². The standard InChI is InChI=1S/C21H18O6S.2C3H6/c1-25-14-8-4-12(5-9-14)16-17(13-6-10-15(26-2)11-7-13)19(21(24)27-3)28-18(16)20(22)23;2*1-2-3-1/h4-11H,1-3H3,(H,22,23);2*1-3H2. The largest absolute Gasteiger partial charge is 0.497 e. The fourth-order valence-electron chi connectivity index (χ4n) is 2.88. The fourth-order valence-corrected chi connectivity index (χ4v) is 3.99. The Morgan fingerprint density at radius 3 is 1.35 bits per heavy atom. The van der Waals surface area contributed by atoms with Crippen LogP contribution in [0.4, 0.5) is 0 Å². The molecule has 7 heteroatoms. The average molecular weight is 483 g/mol. The summed E-state index contributed by atoms with van der Waals surface area (Å²) in [5.74, 6) is -0.392. The summed E-state index contributed by atoms with van der Waals surface area (Å²) in [6.45, 7) is 0. The van der Waals surface area contributed by atoms with Gasteiger partial charge in [-0.3, -0.25) is 0 Å². The van der Waals surface area contributed by atoms with Crippen molar-refractivity contribution in [1.82, 2.24) is 0 Å². The number of hydrogen-bond donors (Lipinski definition) is 1. The monoisotopic (exact) mass is 482 g/mol. The molecular weight excluding hydrogens is 452 g/mol. The molecule has 5 rings (SSSR count). The van der Waals surface area contributed by atoms with Crippen molar-refractivity contribution in [1.29, 1.82) is 0 Å². The number of esters is 1. The van der Waals surface area contributed by atoms with E-state index in [2.05, 4.69) is 0 Å². The lowest BCUT2D eigenvalue weighted by Gasteiger charge is -2.10. The highest BCUT2D eigenvalue weighted by Crippen LogP contribution is 2.44. The third kappa shape index (κ3) is 6.84. The van der Waals surface area contributed by atoms with Gasteiger partial charge in [-0.05, 0) is 35.4 Å². The van der Waals surface area contributed by atoms with Gasteiger partial charge in [0.15, 0.2) is 0 Å². The zero-order chi connectivity index (χ0) is 24.5. The highest BCUT2D eigenvalue weighted by molar-refractivity contribution is 7.17. The Kier molecular flexibility index (Phi) is 9.10. The lowest BCUT2D eigenvalue weighted by molar-refractivity contribution is 0.0606. The lowest BCUT2D eigenvalue weighted by Crippen LogP contribution is -2.00. The number of hydrogen-bond acceptors (Lipinski definition) is 6. The molecule has 34 heavy (non-hydrogen) atoms. The predicted molar refractivity (Wildman–Crippen MR) is 134 cm³/mol. The van der Waals surface area contributed by atoms with Gasteiger partial charge >= 0.3 is 11.9 Å². The Labute approximate surface area is 204 Å². The first kappa shape index (κ1) is 25.3. The molecule has 0 amide bonds. The van der Waals surface area contributed by atoms with E-state index in [9.17, 15) is 14.7 Å². The zero-order valence-electron chi connectivity index (χ0n) is 19.8. The molecule has 3 aromatic rings. The third-order valence-electron chi connectivity index (χ3n) is 4.94. The van der Waals surface area contributed by atoms with Crippen LogP contribution in [-0.2, 0) is 4.74 Å². The Morgan fingerprint density at radius 2 is 1.06 bits per heavy atom. The summed E-state index contributed by atoms with van der Waals surface area (Å²) in [5, 5.41) is 9.76. The topological polar surface area (TPSA) is 82.1 Å². The van der Waals surface area contributed by atoms with Crippen molar-refractivity contribution in [2.45, 2.75) is 38.5 Å². The van der Waals surface area contributed by atoms with Crippen LogP contribution in [-0.4, -0.2) is 38.4 Å². The van der Waals surface area contributed by atoms with Crippen molar-refractivity contribution in [2.75, 3.05) is 21.3 Å². The van der Waals surface area contributed by atoms with E-state index in [1.807, 2.05) is 0 Å². The van der Waals surface area contributed by atoms with Crippen LogP contribution < -0.4 is 9.47 Å². The van der Waals surface area contributed by atoms with Gasteiger partial charge in [0.25, 0.3) is 0 Å². The second kappa shape index (κ2) is 12.2. The maximum atomic E-state index is 12.4. The second-order valence-corrected chi connectivity index (χ2v) is 8.91. The normalized spacial score (nSPS) is 12.8. The van der Waals surface area contributed by atoms with Crippen LogP contribution in [0.1, 0.15) is 57.9 Å². The Bertz CT molecular complexity index is 1080. The smallest absolute Gasteiger partial charge is 0.348 e. The maximum absolute atomic E-state index is 12.4. The summed E-state index contributed by atoms with van der Waals surface area (Å²) in [6, 6.07) is 14.1. The van der Waals surface area contributed by atoms with Gasteiger partial charge in [0.1, 0.15) is 21.3 Å². The number of carbonyl (C=O) groups is 2. The van der Waals surface area contributed by atoms with E-state index in [4.69, 9.17) is 14.2 Å². The van der Waals surface area contributed by atoms with E-state index >= 15 is 0 Å². The minimum absolute atomic E-state index is 0.0661.